The molecule has 5 rings (SSSR count). The van der Waals surface area contributed by atoms with Gasteiger partial charge in [0.05, 0.1) is 24.9 Å². The van der Waals surface area contributed by atoms with Crippen molar-refractivity contribution in [3.63, 3.8) is 0 Å². The molecule has 1 aromatic carbocycles. The largest absolute Gasteiger partial charge is 0.496 e. The van der Waals surface area contributed by atoms with E-state index in [0.29, 0.717) is 16.5 Å². The number of benzene rings is 1. The molecule has 9 heteroatoms. The molecule has 0 radical (unpaired) electrons. The SMILES string of the molecule is COc1cc(OC)c(-c2cn3ccc(N4CCN(CCN5CCNCC5)CC4)cc3n2)cc1Cl. The van der Waals surface area contributed by atoms with Crippen LogP contribution in [0, 0.1) is 0 Å². The van der Waals surface area contributed by atoms with E-state index in [0.717, 1.165) is 62.7 Å². The topological polar surface area (TPSA) is 57.5 Å². The van der Waals surface area contributed by atoms with Gasteiger partial charge in [0.2, 0.25) is 0 Å². The Labute approximate surface area is 206 Å². The number of fused-ring (bicyclic) bond motifs is 1. The number of pyridine rings is 1. The lowest BCUT2D eigenvalue weighted by Gasteiger charge is -2.37. The van der Waals surface area contributed by atoms with E-state index >= 15 is 0 Å². The fourth-order valence-electron chi connectivity index (χ4n) is 4.81. The van der Waals surface area contributed by atoms with Gasteiger partial charge in [-0.05, 0) is 12.1 Å². The van der Waals surface area contributed by atoms with Crippen LogP contribution in [0.3, 0.4) is 0 Å². The summed E-state index contributed by atoms with van der Waals surface area (Å²) in [6.07, 6.45) is 4.09. The molecule has 1 N–H and O–H groups in total. The molecule has 8 nitrogen and oxygen atoms in total. The summed E-state index contributed by atoms with van der Waals surface area (Å²) in [4.78, 5) is 12.5. The maximum atomic E-state index is 6.38. The second-order valence-corrected chi connectivity index (χ2v) is 9.29. The zero-order valence-corrected chi connectivity index (χ0v) is 20.7. The Morgan fingerprint density at radius 2 is 1.62 bits per heavy atom. The number of methoxy groups -OCH3 is 2. The lowest BCUT2D eigenvalue weighted by atomic mass is 10.1. The number of nitrogens with zero attached hydrogens (tertiary/aromatic N) is 5. The van der Waals surface area contributed by atoms with Crippen molar-refractivity contribution in [3.8, 4) is 22.8 Å². The Bertz CT molecular complexity index is 1120. The van der Waals surface area contributed by atoms with Gasteiger partial charge in [-0.3, -0.25) is 9.80 Å². The third kappa shape index (κ3) is 4.95. The summed E-state index contributed by atoms with van der Waals surface area (Å²) < 4.78 is 12.9. The van der Waals surface area contributed by atoms with Gasteiger partial charge < -0.3 is 24.1 Å². The number of halogens is 1. The zero-order valence-electron chi connectivity index (χ0n) is 20.0. The molecule has 0 unspecified atom stereocenters. The Morgan fingerprint density at radius 1 is 0.912 bits per heavy atom. The number of nitrogens with one attached hydrogen (secondary N) is 1. The van der Waals surface area contributed by atoms with Crippen LogP contribution in [0.1, 0.15) is 0 Å². The molecule has 0 atom stereocenters. The van der Waals surface area contributed by atoms with Gasteiger partial charge in [-0.25, -0.2) is 4.98 Å². The van der Waals surface area contributed by atoms with Crippen LogP contribution in [0.15, 0.2) is 36.7 Å². The first-order valence-electron chi connectivity index (χ1n) is 12.0. The molecule has 0 bridgehead atoms. The number of imidazole rings is 1. The average molecular weight is 485 g/mol. The van der Waals surface area contributed by atoms with Gasteiger partial charge in [0.25, 0.3) is 0 Å². The van der Waals surface area contributed by atoms with Crippen molar-refractivity contribution in [1.82, 2.24) is 24.5 Å². The Hall–Kier alpha value is -2.52. The highest BCUT2D eigenvalue weighted by Gasteiger charge is 2.20. The van der Waals surface area contributed by atoms with E-state index in [1.54, 1.807) is 20.3 Å². The first-order chi connectivity index (χ1) is 16.6. The van der Waals surface area contributed by atoms with Gasteiger partial charge in [-0.1, -0.05) is 11.6 Å². The molecular formula is C25H33ClN6O2. The van der Waals surface area contributed by atoms with Crippen LogP contribution in [0.4, 0.5) is 5.69 Å². The molecule has 0 saturated carbocycles. The van der Waals surface area contributed by atoms with Crippen LogP contribution in [0.5, 0.6) is 11.5 Å². The summed E-state index contributed by atoms with van der Waals surface area (Å²) in [5, 5.41) is 3.96. The molecule has 2 aromatic heterocycles. The molecule has 2 fully saturated rings. The van der Waals surface area contributed by atoms with Gasteiger partial charge in [0, 0.05) is 101 Å². The van der Waals surface area contributed by atoms with E-state index in [1.807, 2.05) is 16.7 Å². The summed E-state index contributed by atoms with van der Waals surface area (Å²) in [6, 6.07) is 7.99. The summed E-state index contributed by atoms with van der Waals surface area (Å²) in [5.74, 6) is 1.27. The predicted molar refractivity (Wildman–Crippen MR) is 137 cm³/mol. The highest BCUT2D eigenvalue weighted by atomic mass is 35.5. The normalized spacial score (nSPS) is 17.9. The second-order valence-electron chi connectivity index (χ2n) is 8.88. The minimum absolute atomic E-state index is 0.533. The van der Waals surface area contributed by atoms with Crippen LogP contribution in [0.25, 0.3) is 16.9 Å². The van der Waals surface area contributed by atoms with E-state index in [9.17, 15) is 0 Å². The predicted octanol–water partition coefficient (Wildman–Crippen LogP) is 2.70. The number of hydrogen-bond acceptors (Lipinski definition) is 7. The molecule has 0 aliphatic carbocycles. The van der Waals surface area contributed by atoms with Gasteiger partial charge in [0.15, 0.2) is 0 Å². The van der Waals surface area contributed by atoms with Gasteiger partial charge in [0.1, 0.15) is 17.1 Å². The van der Waals surface area contributed by atoms with Crippen LogP contribution in [0.2, 0.25) is 5.02 Å². The molecule has 4 heterocycles. The molecule has 34 heavy (non-hydrogen) atoms. The Kier molecular flexibility index (Phi) is 7.10. The van der Waals surface area contributed by atoms with Crippen LogP contribution in [-0.2, 0) is 0 Å². The number of aromatic nitrogens is 2. The van der Waals surface area contributed by atoms with E-state index in [1.165, 1.54) is 25.3 Å². The van der Waals surface area contributed by atoms with Crippen molar-refractivity contribution in [1.29, 1.82) is 0 Å². The molecule has 2 aliphatic heterocycles. The summed E-state index contributed by atoms with van der Waals surface area (Å²) in [6.45, 7) is 11.2. The highest BCUT2D eigenvalue weighted by Crippen LogP contribution is 2.38. The summed E-state index contributed by atoms with van der Waals surface area (Å²) in [7, 11) is 3.24. The van der Waals surface area contributed by atoms with Crippen LogP contribution in [-0.4, -0.2) is 98.9 Å². The van der Waals surface area contributed by atoms with Gasteiger partial charge in [-0.15, -0.1) is 0 Å². The minimum atomic E-state index is 0.533. The monoisotopic (exact) mass is 484 g/mol. The maximum Gasteiger partial charge on any atom is 0.141 e. The minimum Gasteiger partial charge on any atom is -0.496 e. The molecule has 2 aliphatic rings. The standard InChI is InChI=1S/C25H33ClN6O2/c1-33-23-17-24(34-2)21(26)16-20(23)22-18-32-6-3-19(15-25(32)28-22)31-13-11-30(12-14-31)10-9-29-7-4-27-5-8-29/h3,6,15-18,27H,4-5,7-14H2,1-2H3. The Balaban J connectivity index is 1.26. The maximum absolute atomic E-state index is 6.38. The zero-order chi connectivity index (χ0) is 23.5. The van der Waals surface area contributed by atoms with Crippen molar-refractivity contribution in [2.24, 2.45) is 0 Å². The first-order valence-corrected chi connectivity index (χ1v) is 12.3. The first kappa shape index (κ1) is 23.2. The van der Waals surface area contributed by atoms with Crippen molar-refractivity contribution < 1.29 is 9.47 Å². The quantitative estimate of drug-likeness (QED) is 0.553. The van der Waals surface area contributed by atoms with E-state index < -0.39 is 0 Å². The summed E-state index contributed by atoms with van der Waals surface area (Å²) >= 11 is 6.38. The van der Waals surface area contributed by atoms with Gasteiger partial charge >= 0.3 is 0 Å². The van der Waals surface area contributed by atoms with Crippen molar-refractivity contribution in [2.75, 3.05) is 84.6 Å². The van der Waals surface area contributed by atoms with Crippen molar-refractivity contribution in [2.45, 2.75) is 0 Å². The van der Waals surface area contributed by atoms with Crippen LogP contribution >= 0.6 is 11.6 Å². The molecule has 0 amide bonds. The molecule has 182 valence electrons. The van der Waals surface area contributed by atoms with E-state index in [2.05, 4.69) is 38.3 Å². The molecule has 3 aromatic rings. The number of hydrogen-bond donors (Lipinski definition) is 1. The summed E-state index contributed by atoms with van der Waals surface area (Å²) in [5.41, 5.74) is 3.78. The molecule has 0 spiro atoms. The third-order valence-electron chi connectivity index (χ3n) is 6.87. The number of anilines is 1. The van der Waals surface area contributed by atoms with E-state index in [-0.39, 0.29) is 0 Å². The number of ether oxygens (including phenoxy) is 2. The lowest BCUT2D eigenvalue weighted by molar-refractivity contribution is 0.183. The van der Waals surface area contributed by atoms with E-state index in [4.69, 9.17) is 26.1 Å². The fraction of sp³-hybridized carbons (Fsp3) is 0.480. The molecular weight excluding hydrogens is 452 g/mol. The van der Waals surface area contributed by atoms with Gasteiger partial charge in [-0.2, -0.15) is 0 Å². The smallest absolute Gasteiger partial charge is 0.141 e. The second kappa shape index (κ2) is 10.4. The number of rotatable bonds is 7. The van der Waals surface area contributed by atoms with Crippen molar-refractivity contribution >= 4 is 22.9 Å². The number of piperazine rings is 2. The average Bonchev–Trinajstić information content (AvgIpc) is 3.31. The highest BCUT2D eigenvalue weighted by molar-refractivity contribution is 6.32. The van der Waals surface area contributed by atoms with Crippen LogP contribution < -0.4 is 19.7 Å². The molecule has 2 saturated heterocycles. The van der Waals surface area contributed by atoms with Crippen molar-refractivity contribution in [3.05, 3.63) is 41.7 Å². The third-order valence-corrected chi connectivity index (χ3v) is 7.17. The lowest BCUT2D eigenvalue weighted by Crippen LogP contribution is -2.50. The fourth-order valence-corrected chi connectivity index (χ4v) is 5.05. The Morgan fingerprint density at radius 3 is 2.32 bits per heavy atom.